The molecule has 2 N–H and O–H groups in total. The lowest BCUT2D eigenvalue weighted by atomic mass is 9.86. The number of hydrogen-bond acceptors (Lipinski definition) is 3. The first-order valence-electron chi connectivity index (χ1n) is 8.95. The molecule has 2 atom stereocenters. The number of rotatable bonds is 3. The number of para-hydroxylation sites is 1. The van der Waals surface area contributed by atoms with Crippen LogP contribution in [-0.2, 0) is 9.53 Å². The molecule has 2 aliphatic heterocycles. The number of benzene rings is 1. The molecule has 1 aromatic carbocycles. The number of amides is 2. The molecule has 0 unspecified atom stereocenters. The van der Waals surface area contributed by atoms with E-state index in [4.69, 9.17) is 4.74 Å². The Labute approximate surface area is 146 Å². The van der Waals surface area contributed by atoms with E-state index in [-0.39, 0.29) is 24.4 Å². The minimum Gasteiger partial charge on any atom is -0.381 e. The number of fused-ring (bicyclic) bond motifs is 2. The summed E-state index contributed by atoms with van der Waals surface area (Å²) in [5.41, 5.74) is 1.40. The van der Waals surface area contributed by atoms with Gasteiger partial charge in [-0.2, -0.15) is 0 Å². The molecule has 6 heteroatoms. The lowest BCUT2D eigenvalue weighted by Gasteiger charge is -2.43. The zero-order valence-corrected chi connectivity index (χ0v) is 14.2. The van der Waals surface area contributed by atoms with Gasteiger partial charge in [-0.15, -0.1) is 0 Å². The predicted octanol–water partition coefficient (Wildman–Crippen LogP) is 1.93. The van der Waals surface area contributed by atoms with Crippen molar-refractivity contribution in [3.63, 3.8) is 0 Å². The molecule has 4 rings (SSSR count). The second-order valence-electron chi connectivity index (χ2n) is 6.87. The van der Waals surface area contributed by atoms with Crippen LogP contribution in [0.25, 0.3) is 10.9 Å². The van der Waals surface area contributed by atoms with Crippen molar-refractivity contribution in [2.45, 2.75) is 25.3 Å². The summed E-state index contributed by atoms with van der Waals surface area (Å²) in [6.45, 7) is 2.28. The molecule has 2 saturated heterocycles. The van der Waals surface area contributed by atoms with Crippen LogP contribution in [0.5, 0.6) is 0 Å². The summed E-state index contributed by atoms with van der Waals surface area (Å²) in [7, 11) is 0. The summed E-state index contributed by atoms with van der Waals surface area (Å²) >= 11 is 0. The lowest BCUT2D eigenvalue weighted by Crippen LogP contribution is -2.54. The number of aromatic nitrogens is 1. The van der Waals surface area contributed by atoms with E-state index in [0.29, 0.717) is 18.2 Å². The van der Waals surface area contributed by atoms with Gasteiger partial charge in [-0.05, 0) is 31.4 Å². The van der Waals surface area contributed by atoms with Crippen molar-refractivity contribution in [3.8, 4) is 0 Å². The van der Waals surface area contributed by atoms with Crippen LogP contribution in [-0.4, -0.2) is 54.0 Å². The maximum absolute atomic E-state index is 12.6. The van der Waals surface area contributed by atoms with Crippen molar-refractivity contribution in [3.05, 3.63) is 36.0 Å². The van der Waals surface area contributed by atoms with Gasteiger partial charge in [-0.1, -0.05) is 18.2 Å². The highest BCUT2D eigenvalue weighted by molar-refractivity contribution is 5.99. The van der Waals surface area contributed by atoms with Crippen LogP contribution in [0.3, 0.4) is 0 Å². The number of nitrogens with zero attached hydrogens (tertiary/aromatic N) is 1. The van der Waals surface area contributed by atoms with Gasteiger partial charge in [0.15, 0.2) is 0 Å². The number of ether oxygens (including phenoxy) is 1. The number of aromatic amines is 1. The number of carbonyl (C=O) groups is 2. The van der Waals surface area contributed by atoms with Gasteiger partial charge in [-0.3, -0.25) is 9.59 Å². The van der Waals surface area contributed by atoms with Crippen LogP contribution in [0.1, 0.15) is 29.8 Å². The number of H-pyrrole nitrogens is 1. The third kappa shape index (κ3) is 3.26. The third-order valence-corrected chi connectivity index (χ3v) is 5.30. The summed E-state index contributed by atoms with van der Waals surface area (Å²) in [4.78, 5) is 30.0. The minimum atomic E-state index is -0.245. The van der Waals surface area contributed by atoms with Crippen LogP contribution in [0, 0.1) is 5.92 Å². The molecule has 2 aromatic rings. The molecule has 25 heavy (non-hydrogen) atoms. The smallest absolute Gasteiger partial charge is 0.268 e. The molecule has 0 aliphatic carbocycles. The average Bonchev–Trinajstić information content (AvgIpc) is 3.09. The van der Waals surface area contributed by atoms with Crippen molar-refractivity contribution in [2.24, 2.45) is 5.92 Å². The van der Waals surface area contributed by atoms with Crippen molar-refractivity contribution in [2.75, 3.05) is 26.3 Å². The van der Waals surface area contributed by atoms with E-state index in [1.54, 1.807) is 0 Å². The van der Waals surface area contributed by atoms with Crippen LogP contribution >= 0.6 is 0 Å². The number of likely N-dealkylation sites (tertiary alicyclic amines) is 1. The molecule has 132 valence electrons. The molecule has 2 fully saturated rings. The molecular formula is C19H23N3O3. The van der Waals surface area contributed by atoms with Gasteiger partial charge in [0.2, 0.25) is 5.91 Å². The minimum absolute atomic E-state index is 0.000983. The zero-order chi connectivity index (χ0) is 17.2. The summed E-state index contributed by atoms with van der Waals surface area (Å²) < 4.78 is 5.54. The first kappa shape index (κ1) is 16.1. The molecule has 1 aromatic heterocycles. The highest BCUT2D eigenvalue weighted by Crippen LogP contribution is 2.29. The van der Waals surface area contributed by atoms with Crippen molar-refractivity contribution < 1.29 is 14.3 Å². The largest absolute Gasteiger partial charge is 0.381 e. The molecule has 0 bridgehead atoms. The van der Waals surface area contributed by atoms with Crippen LogP contribution in [0.2, 0.25) is 0 Å². The number of piperidine rings is 1. The predicted molar refractivity (Wildman–Crippen MR) is 94.3 cm³/mol. The standard InChI is InChI=1S/C19H23N3O3/c23-18(22-8-3-5-14-12-25-9-7-17(14)22)11-20-19(24)16-10-13-4-1-2-6-15(13)21-16/h1-2,4,6,10,14,17,21H,3,5,7-9,11-12H2,(H,20,24)/t14-,17+/m1/s1. The monoisotopic (exact) mass is 341 g/mol. The Morgan fingerprint density at radius 1 is 1.28 bits per heavy atom. The fourth-order valence-electron chi connectivity index (χ4n) is 4.02. The van der Waals surface area contributed by atoms with Crippen LogP contribution in [0.15, 0.2) is 30.3 Å². The Hall–Kier alpha value is -2.34. The van der Waals surface area contributed by atoms with Crippen LogP contribution < -0.4 is 5.32 Å². The first-order chi connectivity index (χ1) is 12.2. The second-order valence-corrected chi connectivity index (χ2v) is 6.87. The van der Waals surface area contributed by atoms with Crippen molar-refractivity contribution in [1.29, 1.82) is 0 Å². The van der Waals surface area contributed by atoms with Gasteiger partial charge in [0.25, 0.3) is 5.91 Å². The van der Waals surface area contributed by atoms with Crippen LogP contribution in [0.4, 0.5) is 0 Å². The van der Waals surface area contributed by atoms with Gasteiger partial charge in [0.05, 0.1) is 13.2 Å². The molecule has 0 saturated carbocycles. The van der Waals surface area contributed by atoms with E-state index in [2.05, 4.69) is 10.3 Å². The lowest BCUT2D eigenvalue weighted by molar-refractivity contribution is -0.139. The number of nitrogens with one attached hydrogen (secondary N) is 2. The quantitative estimate of drug-likeness (QED) is 0.896. The van der Waals surface area contributed by atoms with E-state index in [0.717, 1.165) is 43.3 Å². The van der Waals surface area contributed by atoms with Crippen molar-refractivity contribution in [1.82, 2.24) is 15.2 Å². The zero-order valence-electron chi connectivity index (χ0n) is 14.2. The topological polar surface area (TPSA) is 74.4 Å². The number of hydrogen-bond donors (Lipinski definition) is 2. The van der Waals surface area contributed by atoms with Crippen molar-refractivity contribution >= 4 is 22.7 Å². The maximum Gasteiger partial charge on any atom is 0.268 e. The highest BCUT2D eigenvalue weighted by atomic mass is 16.5. The normalized spacial score (nSPS) is 23.3. The molecule has 2 aliphatic rings. The number of carbonyl (C=O) groups excluding carboxylic acids is 2. The van der Waals surface area contributed by atoms with E-state index < -0.39 is 0 Å². The molecule has 3 heterocycles. The Morgan fingerprint density at radius 2 is 2.16 bits per heavy atom. The SMILES string of the molecule is O=C(NCC(=O)N1CCC[C@@H]2COCC[C@@H]21)c1cc2ccccc2[nH]1. The Kier molecular flexibility index (Phi) is 4.44. The fourth-order valence-corrected chi connectivity index (χ4v) is 4.02. The molecular weight excluding hydrogens is 318 g/mol. The summed E-state index contributed by atoms with van der Waals surface area (Å²) in [6, 6.07) is 9.81. The molecule has 0 radical (unpaired) electrons. The summed E-state index contributed by atoms with van der Waals surface area (Å²) in [5, 5.41) is 3.75. The van der Waals surface area contributed by atoms with E-state index in [1.807, 2.05) is 35.2 Å². The van der Waals surface area contributed by atoms with E-state index in [9.17, 15) is 9.59 Å². The third-order valence-electron chi connectivity index (χ3n) is 5.30. The van der Waals surface area contributed by atoms with Gasteiger partial charge in [-0.25, -0.2) is 0 Å². The van der Waals surface area contributed by atoms with E-state index >= 15 is 0 Å². The molecule has 0 spiro atoms. The summed E-state index contributed by atoms with van der Waals surface area (Å²) in [6.07, 6.45) is 3.02. The van der Waals surface area contributed by atoms with Gasteiger partial charge < -0.3 is 19.9 Å². The van der Waals surface area contributed by atoms with E-state index in [1.165, 1.54) is 0 Å². The maximum atomic E-state index is 12.6. The highest BCUT2D eigenvalue weighted by Gasteiger charge is 2.36. The van der Waals surface area contributed by atoms with Gasteiger partial charge in [0.1, 0.15) is 5.69 Å². The Balaban J connectivity index is 1.38. The fraction of sp³-hybridized carbons (Fsp3) is 0.474. The second kappa shape index (κ2) is 6.88. The Bertz CT molecular complexity index is 750. The first-order valence-corrected chi connectivity index (χ1v) is 8.95. The molecule has 2 amide bonds. The van der Waals surface area contributed by atoms with Gasteiger partial charge in [0, 0.05) is 36.0 Å². The Morgan fingerprint density at radius 3 is 3.04 bits per heavy atom. The van der Waals surface area contributed by atoms with Gasteiger partial charge >= 0.3 is 0 Å². The average molecular weight is 341 g/mol. The molecule has 6 nitrogen and oxygen atoms in total. The summed E-state index contributed by atoms with van der Waals surface area (Å²) in [5.74, 6) is 0.196.